The first-order chi connectivity index (χ1) is 11.8. The number of sulfonamides is 1. The fraction of sp³-hybridized carbons (Fsp3) is 0.625. The van der Waals surface area contributed by atoms with E-state index in [0.29, 0.717) is 18.8 Å². The zero-order valence-electron chi connectivity index (χ0n) is 14.5. The first kappa shape index (κ1) is 18.6. The van der Waals surface area contributed by atoms with E-state index in [9.17, 15) is 16.8 Å². The second-order valence-corrected chi connectivity index (χ2v) is 10.6. The molecule has 9 heteroatoms. The summed E-state index contributed by atoms with van der Waals surface area (Å²) in [4.78, 5) is 2.26. The molecule has 0 N–H and O–H groups in total. The summed E-state index contributed by atoms with van der Waals surface area (Å²) in [7, 11) is -5.53. The van der Waals surface area contributed by atoms with E-state index >= 15 is 0 Å². The molecule has 0 aliphatic carbocycles. The number of ether oxygens (including phenoxy) is 1. The molecule has 140 valence electrons. The molecule has 3 rings (SSSR count). The van der Waals surface area contributed by atoms with Crippen molar-refractivity contribution < 1.29 is 21.6 Å². The molecule has 0 radical (unpaired) electrons. The van der Waals surface area contributed by atoms with Gasteiger partial charge in [0.25, 0.3) is 0 Å². The molecule has 1 aromatic carbocycles. The molecular weight excluding hydrogens is 364 g/mol. The maximum Gasteiger partial charge on any atom is 0.243 e. The number of benzene rings is 1. The fourth-order valence-electron chi connectivity index (χ4n) is 3.75. The van der Waals surface area contributed by atoms with Crippen LogP contribution in [-0.4, -0.2) is 76.4 Å². The van der Waals surface area contributed by atoms with Crippen molar-refractivity contribution >= 4 is 19.9 Å². The van der Waals surface area contributed by atoms with Crippen molar-refractivity contribution in [1.29, 1.82) is 0 Å². The van der Waals surface area contributed by atoms with Crippen molar-refractivity contribution in [3.63, 3.8) is 0 Å². The molecule has 2 heterocycles. The first-order valence-electron chi connectivity index (χ1n) is 8.39. The maximum atomic E-state index is 13.1. The van der Waals surface area contributed by atoms with Gasteiger partial charge >= 0.3 is 0 Å². The largest absolute Gasteiger partial charge is 0.497 e. The van der Waals surface area contributed by atoms with Gasteiger partial charge in [0.2, 0.25) is 10.0 Å². The van der Waals surface area contributed by atoms with Crippen LogP contribution in [0.3, 0.4) is 0 Å². The molecule has 2 saturated heterocycles. The van der Waals surface area contributed by atoms with Crippen LogP contribution in [0.2, 0.25) is 0 Å². The van der Waals surface area contributed by atoms with Crippen LogP contribution in [0.4, 0.5) is 0 Å². The molecule has 0 amide bonds. The van der Waals surface area contributed by atoms with E-state index in [-0.39, 0.29) is 22.4 Å². The fourth-order valence-corrected chi connectivity index (χ4v) is 7.54. The molecule has 0 aromatic heterocycles. The molecule has 1 aromatic rings. The van der Waals surface area contributed by atoms with Crippen molar-refractivity contribution in [1.82, 2.24) is 9.21 Å². The molecule has 2 aliphatic rings. The minimum Gasteiger partial charge on any atom is -0.497 e. The van der Waals surface area contributed by atoms with E-state index < -0.39 is 25.9 Å². The van der Waals surface area contributed by atoms with Gasteiger partial charge in [0.15, 0.2) is 9.84 Å². The molecule has 0 bridgehead atoms. The van der Waals surface area contributed by atoms with Gasteiger partial charge in [0.05, 0.1) is 29.6 Å². The third-order valence-corrected chi connectivity index (χ3v) is 8.52. The topological polar surface area (TPSA) is 84.0 Å². The van der Waals surface area contributed by atoms with Crippen LogP contribution in [0, 0.1) is 0 Å². The Hall–Kier alpha value is -1.16. The highest BCUT2D eigenvalue weighted by Gasteiger charge is 2.50. The molecule has 25 heavy (non-hydrogen) atoms. The predicted octanol–water partition coefficient (Wildman–Crippen LogP) is 0.577. The lowest BCUT2D eigenvalue weighted by Crippen LogP contribution is -2.60. The Morgan fingerprint density at radius 2 is 1.92 bits per heavy atom. The van der Waals surface area contributed by atoms with Crippen LogP contribution in [0.5, 0.6) is 5.75 Å². The molecule has 2 fully saturated rings. The second-order valence-electron chi connectivity index (χ2n) is 6.54. The summed E-state index contributed by atoms with van der Waals surface area (Å²) in [5, 5.41) is 0. The Balaban J connectivity index is 1.96. The Bertz CT molecular complexity index is 838. The summed E-state index contributed by atoms with van der Waals surface area (Å²) in [5.74, 6) is 0.379. The third-order valence-electron chi connectivity index (χ3n) is 4.90. The van der Waals surface area contributed by atoms with Gasteiger partial charge in [-0.05, 0) is 25.1 Å². The number of rotatable bonds is 5. The Labute approximate surface area is 149 Å². The van der Waals surface area contributed by atoms with Crippen molar-refractivity contribution in [3.8, 4) is 5.75 Å². The lowest BCUT2D eigenvalue weighted by atomic mass is 10.1. The molecule has 2 aliphatic heterocycles. The Kier molecular flexibility index (Phi) is 5.11. The molecule has 2 unspecified atom stereocenters. The third kappa shape index (κ3) is 3.55. The van der Waals surface area contributed by atoms with Gasteiger partial charge in [-0.1, -0.05) is 13.0 Å². The quantitative estimate of drug-likeness (QED) is 0.734. The minimum absolute atomic E-state index is 0.0296. The lowest BCUT2D eigenvalue weighted by molar-refractivity contribution is 0.0957. The van der Waals surface area contributed by atoms with Crippen LogP contribution in [0.1, 0.15) is 13.3 Å². The van der Waals surface area contributed by atoms with E-state index in [4.69, 9.17) is 4.74 Å². The monoisotopic (exact) mass is 388 g/mol. The number of sulfone groups is 1. The standard InChI is InChI=1S/C16H24N2O5S2/c1-3-7-17-8-9-18(16-12-24(19,20)11-15(16)17)25(21,22)14-6-4-5-13(10-14)23-2/h4-6,10,15-16H,3,7-9,11-12H2,1-2H3. The molecule has 7 nitrogen and oxygen atoms in total. The summed E-state index contributed by atoms with van der Waals surface area (Å²) in [6, 6.07) is 5.52. The second kappa shape index (κ2) is 6.86. The SMILES string of the molecule is CCCN1CCN(S(=O)(=O)c2cccc(OC)c2)C2CS(=O)(=O)CC21. The first-order valence-corrected chi connectivity index (χ1v) is 11.6. The average molecular weight is 389 g/mol. The summed E-state index contributed by atoms with van der Waals surface area (Å²) >= 11 is 0. The smallest absolute Gasteiger partial charge is 0.243 e. The predicted molar refractivity (Wildman–Crippen MR) is 95.0 cm³/mol. The van der Waals surface area contributed by atoms with Crippen molar-refractivity contribution in [2.45, 2.75) is 30.3 Å². The van der Waals surface area contributed by atoms with E-state index in [1.54, 1.807) is 12.1 Å². The molecule has 2 atom stereocenters. The highest BCUT2D eigenvalue weighted by molar-refractivity contribution is 7.92. The zero-order chi connectivity index (χ0) is 18.2. The van der Waals surface area contributed by atoms with Gasteiger partial charge in [0, 0.05) is 25.2 Å². The summed E-state index contributed by atoms with van der Waals surface area (Å²) < 4.78 is 57.1. The van der Waals surface area contributed by atoms with Gasteiger partial charge < -0.3 is 4.74 Å². The van der Waals surface area contributed by atoms with E-state index in [1.165, 1.54) is 23.5 Å². The van der Waals surface area contributed by atoms with Crippen LogP contribution in [-0.2, 0) is 19.9 Å². The highest BCUT2D eigenvalue weighted by atomic mass is 32.2. The number of hydrogen-bond acceptors (Lipinski definition) is 6. The summed E-state index contributed by atoms with van der Waals surface area (Å²) in [5.41, 5.74) is 0. The number of hydrogen-bond donors (Lipinski definition) is 0. The van der Waals surface area contributed by atoms with Crippen molar-refractivity contribution in [2.24, 2.45) is 0 Å². The van der Waals surface area contributed by atoms with Gasteiger partial charge in [-0.2, -0.15) is 4.31 Å². The van der Waals surface area contributed by atoms with E-state index in [0.717, 1.165) is 13.0 Å². The minimum atomic E-state index is -3.78. The van der Waals surface area contributed by atoms with Crippen LogP contribution in [0.15, 0.2) is 29.2 Å². The zero-order valence-corrected chi connectivity index (χ0v) is 16.1. The summed E-state index contributed by atoms with van der Waals surface area (Å²) in [6.07, 6.45) is 0.909. The van der Waals surface area contributed by atoms with Crippen molar-refractivity contribution in [3.05, 3.63) is 24.3 Å². The van der Waals surface area contributed by atoms with E-state index in [1.807, 2.05) is 6.92 Å². The van der Waals surface area contributed by atoms with E-state index in [2.05, 4.69) is 4.90 Å². The van der Waals surface area contributed by atoms with Gasteiger partial charge in [-0.25, -0.2) is 16.8 Å². The Morgan fingerprint density at radius 3 is 2.60 bits per heavy atom. The number of nitrogens with zero attached hydrogens (tertiary/aromatic N) is 2. The number of piperazine rings is 1. The lowest BCUT2D eigenvalue weighted by Gasteiger charge is -2.42. The normalized spacial score (nSPS) is 27.1. The van der Waals surface area contributed by atoms with Crippen LogP contribution >= 0.6 is 0 Å². The molecule has 0 spiro atoms. The van der Waals surface area contributed by atoms with Gasteiger partial charge in [-0.15, -0.1) is 0 Å². The molecule has 0 saturated carbocycles. The van der Waals surface area contributed by atoms with Gasteiger partial charge in [0.1, 0.15) is 5.75 Å². The summed E-state index contributed by atoms with van der Waals surface area (Å²) in [6.45, 7) is 3.67. The van der Waals surface area contributed by atoms with Crippen LogP contribution < -0.4 is 4.74 Å². The van der Waals surface area contributed by atoms with Crippen LogP contribution in [0.25, 0.3) is 0 Å². The number of methoxy groups -OCH3 is 1. The van der Waals surface area contributed by atoms with Gasteiger partial charge in [-0.3, -0.25) is 4.90 Å². The van der Waals surface area contributed by atoms with Crippen molar-refractivity contribution in [2.75, 3.05) is 38.2 Å². The molecular formula is C16H24N2O5S2. The maximum absolute atomic E-state index is 13.1. The number of fused-ring (bicyclic) bond motifs is 1. The Morgan fingerprint density at radius 1 is 1.20 bits per heavy atom. The average Bonchev–Trinajstić information content (AvgIpc) is 2.90. The highest BCUT2D eigenvalue weighted by Crippen LogP contribution is 2.32.